The van der Waals surface area contributed by atoms with Crippen LogP contribution in [-0.2, 0) is 47.7 Å². The third-order valence-corrected chi connectivity index (χ3v) is 10.1. The molecular weight excluding hydrogens is 600 g/mol. The van der Waals surface area contributed by atoms with Crippen molar-refractivity contribution < 1.29 is 57.9 Å². The summed E-state index contributed by atoms with van der Waals surface area (Å²) in [6, 6.07) is 0. The van der Waals surface area contributed by atoms with Gasteiger partial charge in [-0.05, 0) is 40.5 Å². The number of rotatable bonds is 13. The Balaban J connectivity index is 2.19. The number of esters is 5. The van der Waals surface area contributed by atoms with Crippen LogP contribution in [-0.4, -0.2) is 81.3 Å². The average molecular weight is 653 g/mol. The van der Waals surface area contributed by atoms with E-state index in [0.717, 1.165) is 32.6 Å². The van der Waals surface area contributed by atoms with Crippen molar-refractivity contribution in [3.05, 3.63) is 11.6 Å². The first-order valence-electron chi connectivity index (χ1n) is 16.6. The van der Waals surface area contributed by atoms with Crippen molar-refractivity contribution in [1.29, 1.82) is 0 Å². The van der Waals surface area contributed by atoms with Gasteiger partial charge >= 0.3 is 29.8 Å². The fourth-order valence-corrected chi connectivity index (χ4v) is 7.50. The van der Waals surface area contributed by atoms with Crippen LogP contribution in [0.1, 0.15) is 113 Å². The monoisotopic (exact) mass is 652 g/mol. The van der Waals surface area contributed by atoms with Crippen LogP contribution in [0, 0.1) is 17.8 Å². The summed E-state index contributed by atoms with van der Waals surface area (Å²) in [5.74, 6) is -6.53. The van der Waals surface area contributed by atoms with Crippen molar-refractivity contribution in [2.45, 2.75) is 154 Å². The zero-order chi connectivity index (χ0) is 34.6. The van der Waals surface area contributed by atoms with E-state index in [4.69, 9.17) is 23.7 Å². The molecule has 0 aromatic rings. The van der Waals surface area contributed by atoms with E-state index in [-0.39, 0.29) is 19.3 Å². The Morgan fingerprint density at radius 1 is 0.913 bits per heavy atom. The van der Waals surface area contributed by atoms with Gasteiger partial charge in [-0.1, -0.05) is 52.5 Å². The van der Waals surface area contributed by atoms with Gasteiger partial charge in [-0.2, -0.15) is 0 Å². The maximum absolute atomic E-state index is 13.4. The molecule has 12 heteroatoms. The van der Waals surface area contributed by atoms with Gasteiger partial charge in [0.05, 0.1) is 0 Å². The molecule has 10 atom stereocenters. The van der Waals surface area contributed by atoms with Crippen LogP contribution in [0.4, 0.5) is 0 Å². The lowest BCUT2D eigenvalue weighted by atomic mass is 9.71. The van der Waals surface area contributed by atoms with E-state index in [1.807, 2.05) is 0 Å². The maximum atomic E-state index is 13.4. The summed E-state index contributed by atoms with van der Waals surface area (Å²) in [5, 5.41) is 23.9. The molecule has 1 aliphatic heterocycles. The molecule has 2 N–H and O–H groups in total. The van der Waals surface area contributed by atoms with Gasteiger partial charge in [0.2, 0.25) is 0 Å². The van der Waals surface area contributed by atoms with Crippen LogP contribution in [0.15, 0.2) is 11.6 Å². The highest BCUT2D eigenvalue weighted by Gasteiger charge is 2.78. The molecule has 1 heterocycles. The molecule has 0 radical (unpaired) electrons. The normalized spacial score (nSPS) is 37.0. The van der Waals surface area contributed by atoms with Gasteiger partial charge < -0.3 is 33.9 Å². The Morgan fingerprint density at radius 2 is 1.54 bits per heavy atom. The van der Waals surface area contributed by atoms with Gasteiger partial charge in [-0.25, -0.2) is 9.59 Å². The van der Waals surface area contributed by atoms with Crippen LogP contribution in [0.2, 0.25) is 0 Å². The second-order valence-electron chi connectivity index (χ2n) is 13.5. The van der Waals surface area contributed by atoms with E-state index in [1.165, 1.54) is 6.92 Å². The van der Waals surface area contributed by atoms with Crippen molar-refractivity contribution >= 4 is 29.8 Å². The van der Waals surface area contributed by atoms with Gasteiger partial charge in [0.1, 0.15) is 30.0 Å². The number of hydrogen-bond donors (Lipinski definition) is 2. The maximum Gasteiger partial charge on any atom is 0.341 e. The van der Waals surface area contributed by atoms with Crippen LogP contribution >= 0.6 is 0 Å². The molecule has 2 saturated carbocycles. The lowest BCUT2D eigenvalue weighted by molar-refractivity contribution is -0.215. The van der Waals surface area contributed by atoms with Gasteiger partial charge in [0, 0.05) is 49.5 Å². The minimum Gasteiger partial charge on any atom is -0.459 e. The molecule has 2 aliphatic carbocycles. The summed E-state index contributed by atoms with van der Waals surface area (Å²) in [6.07, 6.45) is 0.755. The molecule has 0 spiro atoms. The second kappa shape index (κ2) is 14.8. The summed E-state index contributed by atoms with van der Waals surface area (Å²) in [4.78, 5) is 65.2. The average Bonchev–Trinajstić information content (AvgIpc) is 3.30. The Hall–Kier alpha value is -2.99. The van der Waals surface area contributed by atoms with Crippen LogP contribution in [0.3, 0.4) is 0 Å². The van der Waals surface area contributed by atoms with Crippen molar-refractivity contribution in [2.24, 2.45) is 17.8 Å². The van der Waals surface area contributed by atoms with Crippen LogP contribution < -0.4 is 0 Å². The van der Waals surface area contributed by atoms with Crippen molar-refractivity contribution in [1.82, 2.24) is 0 Å². The molecule has 2 unspecified atom stereocenters. The van der Waals surface area contributed by atoms with Crippen molar-refractivity contribution in [2.75, 3.05) is 0 Å². The first-order chi connectivity index (χ1) is 21.5. The lowest BCUT2D eigenvalue weighted by Crippen LogP contribution is -2.65. The van der Waals surface area contributed by atoms with Gasteiger partial charge in [-0.3, -0.25) is 14.4 Å². The highest BCUT2D eigenvalue weighted by Crippen LogP contribution is 2.59. The summed E-state index contributed by atoms with van der Waals surface area (Å²) >= 11 is 0. The molecular formula is C34H52O12. The molecule has 3 fully saturated rings. The summed E-state index contributed by atoms with van der Waals surface area (Å²) < 4.78 is 29.5. The fourth-order valence-electron chi connectivity index (χ4n) is 7.50. The van der Waals surface area contributed by atoms with E-state index in [0.29, 0.717) is 18.4 Å². The molecule has 0 bridgehead atoms. The highest BCUT2D eigenvalue weighted by atomic mass is 16.6. The summed E-state index contributed by atoms with van der Waals surface area (Å²) in [7, 11) is 0. The zero-order valence-electron chi connectivity index (χ0n) is 28.5. The molecule has 3 aliphatic rings. The third kappa shape index (κ3) is 7.12. The topological polar surface area (TPSA) is 172 Å². The quantitative estimate of drug-likeness (QED) is 0.128. The van der Waals surface area contributed by atoms with Crippen molar-refractivity contribution in [3.8, 4) is 0 Å². The number of unbranched alkanes of at least 4 members (excludes halogenated alkanes) is 4. The standard InChI is InChI=1S/C34H52O12/c1-9-12-13-14-15-17-24(37)43-28-26-25(20(5)27(28)44-30(38)19(4)11-3)29-34(41,33(8,40)31(39)45-29)22(42-23(36)16-10-2)18-32(26,7)46-21(6)35/h11,20,22,25-29,40-41H,9-10,12-18H2,1-8H3/b19-11-/t20?,22-,25?,26+,27-,28-,29-,32-,33+,34+/m0/s1. The lowest BCUT2D eigenvalue weighted by Gasteiger charge is -2.42. The third-order valence-electron chi connectivity index (χ3n) is 10.1. The fraction of sp³-hybridized carbons (Fsp3) is 0.794. The summed E-state index contributed by atoms with van der Waals surface area (Å²) in [5.41, 5.74) is -6.36. The van der Waals surface area contributed by atoms with Crippen LogP contribution in [0.25, 0.3) is 0 Å². The number of aliphatic hydroxyl groups is 2. The van der Waals surface area contributed by atoms with E-state index in [1.54, 1.807) is 40.7 Å². The first-order valence-corrected chi connectivity index (χ1v) is 16.6. The Labute approximate surface area is 271 Å². The molecule has 0 aromatic carbocycles. The van der Waals surface area contributed by atoms with E-state index < -0.39 is 88.8 Å². The first kappa shape index (κ1) is 37.5. The van der Waals surface area contributed by atoms with Crippen LogP contribution in [0.5, 0.6) is 0 Å². The molecule has 1 saturated heterocycles. The molecule has 46 heavy (non-hydrogen) atoms. The number of allylic oxidation sites excluding steroid dienone is 1. The number of hydrogen-bond acceptors (Lipinski definition) is 12. The minimum absolute atomic E-state index is 0.0114. The molecule has 12 nitrogen and oxygen atoms in total. The van der Waals surface area contributed by atoms with Gasteiger partial charge in [0.15, 0.2) is 11.2 Å². The van der Waals surface area contributed by atoms with Crippen molar-refractivity contribution in [3.63, 3.8) is 0 Å². The number of carbonyl (C=O) groups is 5. The van der Waals surface area contributed by atoms with E-state index in [9.17, 15) is 34.2 Å². The number of fused-ring (bicyclic) bond motifs is 3. The largest absolute Gasteiger partial charge is 0.459 e. The van der Waals surface area contributed by atoms with Gasteiger partial charge in [-0.15, -0.1) is 0 Å². The zero-order valence-corrected chi connectivity index (χ0v) is 28.5. The minimum atomic E-state index is -2.54. The SMILES string of the molecule is C/C=C(/C)C(=O)O[C@H]1C(C)C2[C@H]([C@@H]1OC(=O)CCCCCCC)[C@@](C)(OC(C)=O)C[C@H](OC(=O)CCC)[C@@]1(O)[C@H]2OC(=O)[C@@]1(C)O. The number of carbonyl (C=O) groups excluding carboxylic acids is 5. The number of ether oxygens (including phenoxy) is 5. The Kier molecular flexibility index (Phi) is 12.1. The predicted octanol–water partition coefficient (Wildman–Crippen LogP) is 3.86. The van der Waals surface area contributed by atoms with Gasteiger partial charge in [0.25, 0.3) is 0 Å². The second-order valence-corrected chi connectivity index (χ2v) is 13.5. The smallest absolute Gasteiger partial charge is 0.341 e. The molecule has 3 rings (SSSR count). The Morgan fingerprint density at radius 3 is 2.13 bits per heavy atom. The Bertz CT molecular complexity index is 1190. The molecule has 0 aromatic heterocycles. The molecule has 0 amide bonds. The molecule has 260 valence electrons. The predicted molar refractivity (Wildman–Crippen MR) is 164 cm³/mol. The summed E-state index contributed by atoms with van der Waals surface area (Å²) in [6.45, 7) is 12.6. The highest BCUT2D eigenvalue weighted by molar-refractivity contribution is 5.88. The van der Waals surface area contributed by atoms with E-state index >= 15 is 0 Å². The van der Waals surface area contributed by atoms with E-state index in [2.05, 4.69) is 6.92 Å².